The number of hydrogen-bond donors (Lipinski definition) is 0. The van der Waals surface area contributed by atoms with Gasteiger partial charge in [-0.25, -0.2) is 0 Å². The van der Waals surface area contributed by atoms with Crippen LogP contribution in [0.4, 0.5) is 0 Å². The molecular weight excluding hydrogens is 305 g/mol. The van der Waals surface area contributed by atoms with Crippen LogP contribution in [-0.2, 0) is 25.3 Å². The summed E-state index contributed by atoms with van der Waals surface area (Å²) in [6, 6.07) is 6.05. The number of carbonyl (C=O) groups is 1. The van der Waals surface area contributed by atoms with E-state index < -0.39 is 0 Å². The molecule has 0 aliphatic carbocycles. The Morgan fingerprint density at radius 1 is 1.21 bits per heavy atom. The van der Waals surface area contributed by atoms with E-state index in [1.807, 2.05) is 46.8 Å². The van der Waals surface area contributed by atoms with E-state index in [1.54, 1.807) is 4.90 Å². The van der Waals surface area contributed by atoms with E-state index in [0.717, 1.165) is 16.6 Å². The van der Waals surface area contributed by atoms with Crippen LogP contribution in [0.3, 0.4) is 0 Å². The number of hydrogen-bond acceptors (Lipinski definition) is 4. The minimum absolute atomic E-state index is 0.107. The molecule has 24 heavy (non-hydrogen) atoms. The Bertz CT molecular complexity index is 622. The molecule has 2 aliphatic rings. The highest BCUT2D eigenvalue weighted by atomic mass is 16.7. The first kappa shape index (κ1) is 17.5. The summed E-state index contributed by atoms with van der Waals surface area (Å²) in [5, 5.41) is 0. The third kappa shape index (κ3) is 3.23. The van der Waals surface area contributed by atoms with Gasteiger partial charge in [-0.2, -0.15) is 0 Å². The number of carbonyl (C=O) groups excluding carboxylic acids is 1. The minimum Gasteiger partial charge on any atom is -0.399 e. The summed E-state index contributed by atoms with van der Waals surface area (Å²) in [6.45, 7) is 12.0. The van der Waals surface area contributed by atoms with E-state index >= 15 is 0 Å². The lowest BCUT2D eigenvalue weighted by Crippen LogP contribution is -2.41. The molecule has 3 rings (SSSR count). The van der Waals surface area contributed by atoms with Gasteiger partial charge in [0.05, 0.1) is 24.2 Å². The maximum atomic E-state index is 12.2. The van der Waals surface area contributed by atoms with Crippen LogP contribution in [0.1, 0.15) is 38.8 Å². The summed E-state index contributed by atoms with van der Waals surface area (Å²) in [7, 11) is -0.369. The zero-order valence-corrected chi connectivity index (χ0v) is 15.2. The first-order chi connectivity index (χ1) is 11.2. The van der Waals surface area contributed by atoms with Gasteiger partial charge in [0.25, 0.3) is 0 Å². The number of ether oxygens (including phenoxy) is 1. The highest BCUT2D eigenvalue weighted by molar-refractivity contribution is 6.62. The zero-order valence-electron chi connectivity index (χ0n) is 15.2. The lowest BCUT2D eigenvalue weighted by molar-refractivity contribution is -0.130. The Kier molecular flexibility index (Phi) is 4.49. The second kappa shape index (κ2) is 6.17. The molecule has 0 N–H and O–H groups in total. The molecule has 0 spiro atoms. The van der Waals surface area contributed by atoms with E-state index in [-0.39, 0.29) is 24.2 Å². The van der Waals surface area contributed by atoms with E-state index in [1.165, 1.54) is 0 Å². The quantitative estimate of drug-likeness (QED) is 0.791. The molecule has 2 heterocycles. The predicted molar refractivity (Wildman–Crippen MR) is 93.1 cm³/mol. The van der Waals surface area contributed by atoms with Gasteiger partial charge in [0.2, 0.25) is 5.91 Å². The minimum atomic E-state index is -0.369. The standard InChI is InChI=1S/C18H26BNO4/c1-13-10-14(11-16(21)20-8-9-22-12-20)6-7-15(13)19-23-17(2,3)18(4,5)24-19/h6-7,10H,8-9,11-12H2,1-5H3. The fraction of sp³-hybridized carbons (Fsp3) is 0.611. The molecule has 0 aromatic heterocycles. The maximum absolute atomic E-state index is 12.2. The fourth-order valence-electron chi connectivity index (χ4n) is 2.98. The van der Waals surface area contributed by atoms with E-state index in [4.69, 9.17) is 14.0 Å². The van der Waals surface area contributed by atoms with Crippen molar-refractivity contribution in [1.29, 1.82) is 0 Å². The van der Waals surface area contributed by atoms with Crippen molar-refractivity contribution in [3.8, 4) is 0 Å². The lowest BCUT2D eigenvalue weighted by atomic mass is 9.75. The van der Waals surface area contributed by atoms with Crippen molar-refractivity contribution >= 4 is 18.5 Å². The van der Waals surface area contributed by atoms with Crippen LogP contribution in [0.5, 0.6) is 0 Å². The van der Waals surface area contributed by atoms with Crippen LogP contribution in [0.2, 0.25) is 0 Å². The van der Waals surface area contributed by atoms with Gasteiger partial charge in [-0.3, -0.25) is 4.79 Å². The Balaban J connectivity index is 1.72. The van der Waals surface area contributed by atoms with Gasteiger partial charge in [-0.1, -0.05) is 23.8 Å². The smallest absolute Gasteiger partial charge is 0.399 e. The SMILES string of the molecule is Cc1cc(CC(=O)N2CCOC2)ccc1B1OC(C)(C)C(C)(C)O1. The van der Waals surface area contributed by atoms with Crippen molar-refractivity contribution in [3.05, 3.63) is 29.3 Å². The molecule has 1 aromatic carbocycles. The van der Waals surface area contributed by atoms with E-state index in [0.29, 0.717) is 26.3 Å². The van der Waals surface area contributed by atoms with Gasteiger partial charge < -0.3 is 18.9 Å². The van der Waals surface area contributed by atoms with Gasteiger partial charge in [0.1, 0.15) is 6.73 Å². The third-order valence-corrected chi connectivity index (χ3v) is 5.30. The van der Waals surface area contributed by atoms with E-state index in [9.17, 15) is 4.79 Å². The van der Waals surface area contributed by atoms with Crippen molar-refractivity contribution < 1.29 is 18.8 Å². The molecular formula is C18H26BNO4. The molecule has 0 radical (unpaired) electrons. The highest BCUT2D eigenvalue weighted by Gasteiger charge is 2.52. The number of rotatable bonds is 3. The Morgan fingerprint density at radius 2 is 1.88 bits per heavy atom. The van der Waals surface area contributed by atoms with Gasteiger partial charge in [-0.05, 0) is 45.6 Å². The topological polar surface area (TPSA) is 48.0 Å². The zero-order chi connectivity index (χ0) is 17.5. The molecule has 1 aromatic rings. The van der Waals surface area contributed by atoms with Crippen LogP contribution < -0.4 is 5.46 Å². The number of aryl methyl sites for hydroxylation is 1. The van der Waals surface area contributed by atoms with Crippen LogP contribution >= 0.6 is 0 Å². The third-order valence-electron chi connectivity index (χ3n) is 5.30. The second-order valence-corrected chi connectivity index (χ2v) is 7.65. The van der Waals surface area contributed by atoms with Crippen molar-refractivity contribution in [2.24, 2.45) is 0 Å². The number of benzene rings is 1. The summed E-state index contributed by atoms with van der Waals surface area (Å²) in [5.41, 5.74) is 2.40. The van der Waals surface area contributed by atoms with Gasteiger partial charge in [-0.15, -0.1) is 0 Å². The average Bonchev–Trinajstić information content (AvgIpc) is 3.06. The summed E-state index contributed by atoms with van der Waals surface area (Å²) in [5.74, 6) is 0.107. The first-order valence-electron chi connectivity index (χ1n) is 8.50. The van der Waals surface area contributed by atoms with Crippen molar-refractivity contribution in [2.45, 2.75) is 52.2 Å². The largest absolute Gasteiger partial charge is 0.495 e. The summed E-state index contributed by atoms with van der Waals surface area (Å²) in [6.07, 6.45) is 0.397. The molecule has 0 unspecified atom stereocenters. The van der Waals surface area contributed by atoms with Crippen LogP contribution in [0, 0.1) is 6.92 Å². The van der Waals surface area contributed by atoms with Gasteiger partial charge >= 0.3 is 7.12 Å². The molecule has 0 saturated carbocycles. The molecule has 2 aliphatic heterocycles. The highest BCUT2D eigenvalue weighted by Crippen LogP contribution is 2.36. The van der Waals surface area contributed by atoms with Crippen LogP contribution in [-0.4, -0.2) is 49.0 Å². The molecule has 6 heteroatoms. The van der Waals surface area contributed by atoms with Crippen molar-refractivity contribution in [3.63, 3.8) is 0 Å². The molecule has 5 nitrogen and oxygen atoms in total. The maximum Gasteiger partial charge on any atom is 0.495 e. The van der Waals surface area contributed by atoms with E-state index in [2.05, 4.69) is 6.07 Å². The fourth-order valence-corrected chi connectivity index (χ4v) is 2.98. The van der Waals surface area contributed by atoms with Gasteiger partial charge in [0, 0.05) is 6.54 Å². The monoisotopic (exact) mass is 331 g/mol. The number of nitrogens with zero attached hydrogens (tertiary/aromatic N) is 1. The summed E-state index contributed by atoms with van der Waals surface area (Å²) >= 11 is 0. The lowest BCUT2D eigenvalue weighted by Gasteiger charge is -2.32. The normalized spacial score (nSPS) is 22.2. The van der Waals surface area contributed by atoms with Crippen molar-refractivity contribution in [2.75, 3.05) is 19.9 Å². The first-order valence-corrected chi connectivity index (χ1v) is 8.50. The molecule has 2 fully saturated rings. The van der Waals surface area contributed by atoms with Crippen molar-refractivity contribution in [1.82, 2.24) is 4.90 Å². The number of amides is 1. The van der Waals surface area contributed by atoms with Crippen LogP contribution in [0.25, 0.3) is 0 Å². The summed E-state index contributed by atoms with van der Waals surface area (Å²) < 4.78 is 17.5. The Hall–Kier alpha value is -1.37. The molecule has 130 valence electrons. The molecule has 0 atom stereocenters. The second-order valence-electron chi connectivity index (χ2n) is 7.65. The van der Waals surface area contributed by atoms with Gasteiger partial charge in [0.15, 0.2) is 0 Å². The average molecular weight is 331 g/mol. The van der Waals surface area contributed by atoms with Crippen LogP contribution in [0.15, 0.2) is 18.2 Å². The predicted octanol–water partition coefficient (Wildman–Crippen LogP) is 1.65. The Morgan fingerprint density at radius 3 is 2.42 bits per heavy atom. The molecule has 2 saturated heterocycles. The molecule has 1 amide bonds. The molecule has 0 bridgehead atoms. The Labute approximate surface area is 144 Å². The summed E-state index contributed by atoms with van der Waals surface area (Å²) in [4.78, 5) is 14.0.